The molecule has 1 radical (unpaired) electrons. The highest BCUT2D eigenvalue weighted by Gasteiger charge is 2.09. The van der Waals surface area contributed by atoms with Crippen LogP contribution in [0.3, 0.4) is 0 Å². The lowest BCUT2D eigenvalue weighted by molar-refractivity contribution is 0.314. The average Bonchev–Trinajstić information content (AvgIpc) is 2.16. The van der Waals surface area contributed by atoms with E-state index in [4.69, 9.17) is 5.11 Å². The standard InChI is InChI=1S/C11H14FO/c1-3-9-4-5-10(12)6-11(9)8(2)7-13/h4-6,13H,3,7H2,1-2H3. The van der Waals surface area contributed by atoms with Crippen LogP contribution in [0, 0.1) is 11.7 Å². The molecule has 0 heterocycles. The Kier molecular flexibility index (Phi) is 3.43. The third-order valence-corrected chi connectivity index (χ3v) is 2.15. The van der Waals surface area contributed by atoms with Gasteiger partial charge in [-0.1, -0.05) is 19.9 Å². The van der Waals surface area contributed by atoms with Crippen LogP contribution < -0.4 is 0 Å². The molecule has 1 aromatic carbocycles. The molecule has 0 aliphatic carbocycles. The minimum atomic E-state index is -0.250. The normalized spacial score (nSPS) is 10.8. The van der Waals surface area contributed by atoms with Gasteiger partial charge in [-0.3, -0.25) is 0 Å². The van der Waals surface area contributed by atoms with Gasteiger partial charge in [-0.2, -0.15) is 0 Å². The number of hydrogen-bond acceptors (Lipinski definition) is 1. The molecule has 0 aromatic heterocycles. The van der Waals surface area contributed by atoms with Crippen LogP contribution >= 0.6 is 0 Å². The van der Waals surface area contributed by atoms with E-state index >= 15 is 0 Å². The third-order valence-electron chi connectivity index (χ3n) is 2.15. The van der Waals surface area contributed by atoms with Gasteiger partial charge in [0, 0.05) is 5.92 Å². The summed E-state index contributed by atoms with van der Waals surface area (Å²) in [7, 11) is 0. The van der Waals surface area contributed by atoms with E-state index in [1.165, 1.54) is 12.1 Å². The van der Waals surface area contributed by atoms with Gasteiger partial charge in [-0.25, -0.2) is 4.39 Å². The van der Waals surface area contributed by atoms with Crippen molar-refractivity contribution >= 4 is 0 Å². The number of aryl methyl sites for hydroxylation is 1. The first-order valence-corrected chi connectivity index (χ1v) is 4.41. The van der Waals surface area contributed by atoms with Crippen molar-refractivity contribution in [1.82, 2.24) is 0 Å². The number of benzene rings is 1. The highest BCUT2D eigenvalue weighted by atomic mass is 19.1. The quantitative estimate of drug-likeness (QED) is 0.758. The molecule has 71 valence electrons. The largest absolute Gasteiger partial charge is 0.395 e. The molecule has 2 heteroatoms. The van der Waals surface area contributed by atoms with E-state index < -0.39 is 0 Å². The zero-order valence-corrected chi connectivity index (χ0v) is 7.97. The van der Waals surface area contributed by atoms with Crippen LogP contribution in [-0.2, 0) is 6.42 Å². The third kappa shape index (κ3) is 2.28. The van der Waals surface area contributed by atoms with Crippen molar-refractivity contribution in [3.8, 4) is 0 Å². The molecule has 0 amide bonds. The summed E-state index contributed by atoms with van der Waals surface area (Å²) < 4.78 is 12.9. The number of halogens is 1. The first kappa shape index (κ1) is 10.2. The summed E-state index contributed by atoms with van der Waals surface area (Å²) in [5, 5.41) is 8.94. The van der Waals surface area contributed by atoms with E-state index in [0.717, 1.165) is 23.5 Å². The van der Waals surface area contributed by atoms with Crippen LogP contribution in [0.1, 0.15) is 25.0 Å². The van der Waals surface area contributed by atoms with E-state index in [2.05, 4.69) is 0 Å². The summed E-state index contributed by atoms with van der Waals surface area (Å²) >= 11 is 0. The maximum atomic E-state index is 12.9. The first-order chi connectivity index (χ1) is 6.19. The van der Waals surface area contributed by atoms with Crippen molar-refractivity contribution in [3.05, 3.63) is 41.1 Å². The Bertz CT molecular complexity index is 283. The summed E-state index contributed by atoms with van der Waals surface area (Å²) in [6, 6.07) is 4.70. The molecule has 0 unspecified atom stereocenters. The van der Waals surface area contributed by atoms with E-state index in [1.807, 2.05) is 13.8 Å². The lowest BCUT2D eigenvalue weighted by Crippen LogP contribution is -2.04. The van der Waals surface area contributed by atoms with Gasteiger partial charge in [0.25, 0.3) is 0 Å². The van der Waals surface area contributed by atoms with Crippen LogP contribution in [0.15, 0.2) is 18.2 Å². The van der Waals surface area contributed by atoms with Crippen molar-refractivity contribution in [3.63, 3.8) is 0 Å². The summed E-state index contributed by atoms with van der Waals surface area (Å²) in [5.74, 6) is 0.566. The topological polar surface area (TPSA) is 20.2 Å². The summed E-state index contributed by atoms with van der Waals surface area (Å²) in [6.45, 7) is 3.81. The van der Waals surface area contributed by atoms with Crippen molar-refractivity contribution in [1.29, 1.82) is 0 Å². The fourth-order valence-corrected chi connectivity index (χ4v) is 1.34. The number of hydrogen-bond donors (Lipinski definition) is 1. The number of aliphatic hydroxyl groups excluding tert-OH is 1. The van der Waals surface area contributed by atoms with E-state index in [9.17, 15) is 4.39 Å². The Labute approximate surface area is 78.2 Å². The number of aliphatic hydroxyl groups is 1. The molecule has 1 rings (SSSR count). The van der Waals surface area contributed by atoms with Gasteiger partial charge in [-0.05, 0) is 29.7 Å². The van der Waals surface area contributed by atoms with Crippen LogP contribution in [0.25, 0.3) is 0 Å². The van der Waals surface area contributed by atoms with Gasteiger partial charge in [-0.15, -0.1) is 0 Å². The van der Waals surface area contributed by atoms with Gasteiger partial charge < -0.3 is 5.11 Å². The van der Waals surface area contributed by atoms with Crippen molar-refractivity contribution in [2.75, 3.05) is 6.61 Å². The molecule has 1 nitrogen and oxygen atoms in total. The molecule has 13 heavy (non-hydrogen) atoms. The second-order valence-electron chi connectivity index (χ2n) is 3.09. The van der Waals surface area contributed by atoms with Crippen LogP contribution in [0.5, 0.6) is 0 Å². The molecule has 1 aromatic rings. The van der Waals surface area contributed by atoms with Gasteiger partial charge in [0.15, 0.2) is 0 Å². The maximum absolute atomic E-state index is 12.9. The highest BCUT2D eigenvalue weighted by Crippen LogP contribution is 2.20. The predicted octanol–water partition coefficient (Wildman–Crippen LogP) is 2.32. The molecule has 0 bridgehead atoms. The van der Waals surface area contributed by atoms with Crippen molar-refractivity contribution in [2.45, 2.75) is 20.3 Å². The second kappa shape index (κ2) is 4.38. The zero-order valence-electron chi connectivity index (χ0n) is 7.97. The lowest BCUT2D eigenvalue weighted by atomic mass is 9.95. The van der Waals surface area contributed by atoms with Gasteiger partial charge in [0.05, 0.1) is 6.61 Å². The van der Waals surface area contributed by atoms with Crippen LogP contribution in [0.2, 0.25) is 0 Å². The summed E-state index contributed by atoms with van der Waals surface area (Å²) in [6.07, 6.45) is 0.854. The predicted molar refractivity (Wildman–Crippen MR) is 50.9 cm³/mol. The monoisotopic (exact) mass is 181 g/mol. The van der Waals surface area contributed by atoms with Crippen LogP contribution in [0.4, 0.5) is 4.39 Å². The Balaban J connectivity index is 3.07. The highest BCUT2D eigenvalue weighted by molar-refractivity contribution is 5.38. The van der Waals surface area contributed by atoms with Crippen molar-refractivity contribution in [2.24, 2.45) is 0 Å². The number of rotatable bonds is 3. The van der Waals surface area contributed by atoms with Crippen LogP contribution in [-0.4, -0.2) is 11.7 Å². The first-order valence-electron chi connectivity index (χ1n) is 4.41. The molecule has 0 aliphatic heterocycles. The smallest absolute Gasteiger partial charge is 0.123 e. The molecular weight excluding hydrogens is 167 g/mol. The molecule has 0 saturated carbocycles. The van der Waals surface area contributed by atoms with E-state index in [1.54, 1.807) is 6.07 Å². The fourth-order valence-electron chi connectivity index (χ4n) is 1.34. The second-order valence-corrected chi connectivity index (χ2v) is 3.09. The Morgan fingerprint density at radius 3 is 2.69 bits per heavy atom. The molecule has 0 aliphatic rings. The Morgan fingerprint density at radius 2 is 2.15 bits per heavy atom. The van der Waals surface area contributed by atoms with Crippen molar-refractivity contribution < 1.29 is 9.50 Å². The molecule has 1 N–H and O–H groups in total. The Hall–Kier alpha value is -0.890. The van der Waals surface area contributed by atoms with Gasteiger partial charge >= 0.3 is 0 Å². The lowest BCUT2D eigenvalue weighted by Gasteiger charge is -2.12. The summed E-state index contributed by atoms with van der Waals surface area (Å²) in [5.41, 5.74) is 1.91. The maximum Gasteiger partial charge on any atom is 0.123 e. The minimum Gasteiger partial charge on any atom is -0.395 e. The molecule has 0 spiro atoms. The summed E-state index contributed by atoms with van der Waals surface area (Å²) in [4.78, 5) is 0. The molecule has 0 atom stereocenters. The minimum absolute atomic E-state index is 0.0174. The van der Waals surface area contributed by atoms with Gasteiger partial charge in [0.1, 0.15) is 5.82 Å². The SMILES string of the molecule is CCc1ccc(F)cc1[C](C)CO. The molecule has 0 saturated heterocycles. The van der Waals surface area contributed by atoms with E-state index in [-0.39, 0.29) is 12.4 Å². The molecular formula is C11H14FO. The zero-order chi connectivity index (χ0) is 9.84. The Morgan fingerprint density at radius 1 is 1.46 bits per heavy atom. The van der Waals surface area contributed by atoms with E-state index in [0.29, 0.717) is 0 Å². The fraction of sp³-hybridized carbons (Fsp3) is 0.364. The average molecular weight is 181 g/mol. The van der Waals surface area contributed by atoms with Gasteiger partial charge in [0.2, 0.25) is 0 Å². The molecule has 0 fully saturated rings.